The summed E-state index contributed by atoms with van der Waals surface area (Å²) in [4.78, 5) is 14.5. The van der Waals surface area contributed by atoms with E-state index in [9.17, 15) is 4.79 Å². The highest BCUT2D eigenvalue weighted by Gasteiger charge is 2.39. The lowest BCUT2D eigenvalue weighted by Crippen LogP contribution is -2.57. The van der Waals surface area contributed by atoms with E-state index in [4.69, 9.17) is 9.47 Å². The van der Waals surface area contributed by atoms with Crippen molar-refractivity contribution in [3.8, 4) is 0 Å². The van der Waals surface area contributed by atoms with Gasteiger partial charge in [-0.3, -0.25) is 4.90 Å². The van der Waals surface area contributed by atoms with Crippen LogP contribution in [0.25, 0.3) is 0 Å². The molecular formula is C22H39NO3. The third-order valence-electron chi connectivity index (χ3n) is 5.23. The Morgan fingerprint density at radius 3 is 2.38 bits per heavy atom. The average Bonchev–Trinajstić information content (AvgIpc) is 2.54. The maximum Gasteiger partial charge on any atom is 0.411 e. The van der Waals surface area contributed by atoms with Crippen LogP contribution in [0, 0.1) is 0 Å². The molecule has 0 aromatic heterocycles. The van der Waals surface area contributed by atoms with Crippen LogP contribution in [0.3, 0.4) is 0 Å². The van der Waals surface area contributed by atoms with Gasteiger partial charge in [0.2, 0.25) is 0 Å². The third kappa shape index (κ3) is 6.94. The van der Waals surface area contributed by atoms with Crippen molar-refractivity contribution >= 4 is 6.09 Å². The Morgan fingerprint density at radius 1 is 1.12 bits per heavy atom. The van der Waals surface area contributed by atoms with Gasteiger partial charge in [-0.2, -0.15) is 0 Å². The van der Waals surface area contributed by atoms with E-state index in [0.29, 0.717) is 13.2 Å². The average molecular weight is 366 g/mol. The molecule has 2 bridgehead atoms. The second kappa shape index (κ2) is 10.3. The van der Waals surface area contributed by atoms with Gasteiger partial charge in [-0.25, -0.2) is 4.79 Å². The Hall–Kier alpha value is -1.03. The molecule has 2 rings (SSSR count). The summed E-state index contributed by atoms with van der Waals surface area (Å²) in [6, 6.07) is 0.180. The molecule has 2 atom stereocenters. The number of carbonyl (C=O) groups excluding carboxylic acids is 1. The molecule has 1 saturated heterocycles. The monoisotopic (exact) mass is 365 g/mol. The summed E-state index contributed by atoms with van der Waals surface area (Å²) in [5.41, 5.74) is 1.06. The SMILES string of the molecule is CCCCCCCCCCC1=CC2COCC(C1)N2C(=O)OC(C)(C)C. The van der Waals surface area contributed by atoms with Gasteiger partial charge in [0.25, 0.3) is 0 Å². The zero-order valence-corrected chi connectivity index (χ0v) is 17.4. The lowest BCUT2D eigenvalue weighted by Gasteiger charge is -2.44. The Balaban J connectivity index is 1.76. The smallest absolute Gasteiger partial charge is 0.411 e. The van der Waals surface area contributed by atoms with Crippen molar-refractivity contribution in [2.75, 3.05) is 13.2 Å². The van der Waals surface area contributed by atoms with Crippen molar-refractivity contribution in [3.05, 3.63) is 11.6 Å². The number of hydrogen-bond donors (Lipinski definition) is 0. The van der Waals surface area contributed by atoms with E-state index in [1.54, 1.807) is 0 Å². The minimum Gasteiger partial charge on any atom is -0.444 e. The van der Waals surface area contributed by atoms with Crippen LogP contribution in [0.4, 0.5) is 4.79 Å². The van der Waals surface area contributed by atoms with Crippen LogP contribution in [0.2, 0.25) is 0 Å². The number of amides is 1. The lowest BCUT2D eigenvalue weighted by atomic mass is 9.91. The van der Waals surface area contributed by atoms with Crippen molar-refractivity contribution < 1.29 is 14.3 Å². The fraction of sp³-hybridized carbons (Fsp3) is 0.864. The van der Waals surface area contributed by atoms with Gasteiger partial charge in [-0.05, 0) is 40.0 Å². The van der Waals surface area contributed by atoms with Gasteiger partial charge in [-0.1, -0.05) is 63.5 Å². The molecule has 0 aromatic carbocycles. The van der Waals surface area contributed by atoms with Crippen LogP contribution in [0.15, 0.2) is 11.6 Å². The quantitative estimate of drug-likeness (QED) is 0.380. The van der Waals surface area contributed by atoms with Crippen LogP contribution in [-0.4, -0.2) is 41.9 Å². The predicted molar refractivity (Wildman–Crippen MR) is 106 cm³/mol. The number of carbonyl (C=O) groups is 1. The fourth-order valence-corrected chi connectivity index (χ4v) is 3.96. The number of hydrogen-bond acceptors (Lipinski definition) is 3. The number of fused-ring (bicyclic) bond motifs is 2. The molecule has 2 aliphatic rings. The maximum atomic E-state index is 12.6. The molecule has 2 unspecified atom stereocenters. The van der Waals surface area contributed by atoms with Crippen molar-refractivity contribution in [2.45, 2.75) is 110 Å². The molecule has 2 heterocycles. The molecule has 0 spiro atoms. The van der Waals surface area contributed by atoms with E-state index >= 15 is 0 Å². The Morgan fingerprint density at radius 2 is 1.77 bits per heavy atom. The van der Waals surface area contributed by atoms with Crippen molar-refractivity contribution in [1.29, 1.82) is 0 Å². The normalized spacial score (nSPS) is 22.9. The summed E-state index contributed by atoms with van der Waals surface area (Å²) >= 11 is 0. The van der Waals surface area contributed by atoms with Gasteiger partial charge < -0.3 is 9.47 Å². The molecule has 1 fully saturated rings. The van der Waals surface area contributed by atoms with Gasteiger partial charge in [0.15, 0.2) is 0 Å². The first-order chi connectivity index (χ1) is 12.4. The van der Waals surface area contributed by atoms with E-state index in [2.05, 4.69) is 13.0 Å². The van der Waals surface area contributed by atoms with Gasteiger partial charge in [0.1, 0.15) is 5.60 Å². The van der Waals surface area contributed by atoms with E-state index in [1.165, 1.54) is 63.4 Å². The van der Waals surface area contributed by atoms with Gasteiger partial charge in [0.05, 0.1) is 25.3 Å². The van der Waals surface area contributed by atoms with Crippen molar-refractivity contribution in [2.24, 2.45) is 0 Å². The molecule has 0 N–H and O–H groups in total. The van der Waals surface area contributed by atoms with Crippen molar-refractivity contribution in [3.63, 3.8) is 0 Å². The summed E-state index contributed by atoms with van der Waals surface area (Å²) in [7, 11) is 0. The number of morpholine rings is 1. The van der Waals surface area contributed by atoms with Crippen LogP contribution < -0.4 is 0 Å². The first-order valence-electron chi connectivity index (χ1n) is 10.7. The zero-order valence-electron chi connectivity index (χ0n) is 17.4. The summed E-state index contributed by atoms with van der Waals surface area (Å²) < 4.78 is 11.3. The summed E-state index contributed by atoms with van der Waals surface area (Å²) in [6.07, 6.45) is 15.0. The molecule has 0 saturated carbocycles. The summed E-state index contributed by atoms with van der Waals surface area (Å²) in [5, 5.41) is 0. The molecule has 150 valence electrons. The highest BCUT2D eigenvalue weighted by atomic mass is 16.6. The van der Waals surface area contributed by atoms with E-state index in [-0.39, 0.29) is 18.2 Å². The van der Waals surface area contributed by atoms with Crippen LogP contribution in [-0.2, 0) is 9.47 Å². The van der Waals surface area contributed by atoms with Gasteiger partial charge >= 0.3 is 6.09 Å². The van der Waals surface area contributed by atoms with Crippen LogP contribution in [0.1, 0.15) is 91.9 Å². The second-order valence-corrected chi connectivity index (χ2v) is 8.90. The van der Waals surface area contributed by atoms with Gasteiger partial charge in [-0.15, -0.1) is 0 Å². The standard InChI is InChI=1S/C22H39NO3/c1-5-6-7-8-9-10-11-12-13-18-14-19-16-25-17-20(15-18)23(19)21(24)26-22(2,3)4/h14,19-20H,5-13,15-17H2,1-4H3. The number of rotatable bonds is 9. The van der Waals surface area contributed by atoms with Crippen LogP contribution in [0.5, 0.6) is 0 Å². The van der Waals surface area contributed by atoms with Crippen LogP contribution >= 0.6 is 0 Å². The van der Waals surface area contributed by atoms with E-state index < -0.39 is 5.60 Å². The third-order valence-corrected chi connectivity index (χ3v) is 5.23. The molecule has 26 heavy (non-hydrogen) atoms. The summed E-state index contributed by atoms with van der Waals surface area (Å²) in [6.45, 7) is 9.25. The largest absolute Gasteiger partial charge is 0.444 e. The molecule has 0 radical (unpaired) electrons. The molecule has 4 nitrogen and oxygen atoms in total. The highest BCUT2D eigenvalue weighted by molar-refractivity contribution is 5.70. The number of ether oxygens (including phenoxy) is 2. The Labute approximate surface area is 160 Å². The number of nitrogens with zero attached hydrogens (tertiary/aromatic N) is 1. The minimum absolute atomic E-state index is 0.0430. The maximum absolute atomic E-state index is 12.6. The molecule has 1 amide bonds. The molecule has 0 aliphatic carbocycles. The van der Waals surface area contributed by atoms with E-state index in [0.717, 1.165) is 6.42 Å². The predicted octanol–water partition coefficient (Wildman–Crippen LogP) is 5.85. The second-order valence-electron chi connectivity index (χ2n) is 8.90. The van der Waals surface area contributed by atoms with Crippen molar-refractivity contribution in [1.82, 2.24) is 4.90 Å². The topological polar surface area (TPSA) is 38.8 Å². The lowest BCUT2D eigenvalue weighted by molar-refractivity contribution is -0.0538. The highest BCUT2D eigenvalue weighted by Crippen LogP contribution is 2.31. The Bertz CT molecular complexity index is 466. The number of unbranched alkanes of at least 4 members (excludes halogenated alkanes) is 7. The molecule has 0 aromatic rings. The molecule has 2 aliphatic heterocycles. The zero-order chi connectivity index (χ0) is 19.0. The molecular weight excluding hydrogens is 326 g/mol. The fourth-order valence-electron chi connectivity index (χ4n) is 3.96. The minimum atomic E-state index is -0.451. The Kier molecular flexibility index (Phi) is 8.46. The first-order valence-corrected chi connectivity index (χ1v) is 10.7. The molecule has 4 heteroatoms. The first kappa shape index (κ1) is 21.3. The van der Waals surface area contributed by atoms with Gasteiger partial charge in [0, 0.05) is 0 Å². The summed E-state index contributed by atoms with van der Waals surface area (Å²) in [5.74, 6) is 0. The van der Waals surface area contributed by atoms with E-state index in [1.807, 2.05) is 25.7 Å².